The highest BCUT2D eigenvalue weighted by molar-refractivity contribution is 8.01. The molecule has 0 bridgehead atoms. The maximum atomic E-state index is 12.5. The number of carbonyl (C=O) groups excluding carboxylic acids is 2. The fourth-order valence-corrected chi connectivity index (χ4v) is 3.43. The van der Waals surface area contributed by atoms with Gasteiger partial charge in [-0.25, -0.2) is 0 Å². The lowest BCUT2D eigenvalue weighted by Gasteiger charge is -2.23. The van der Waals surface area contributed by atoms with Crippen molar-refractivity contribution in [2.45, 2.75) is 31.7 Å². The zero-order valence-electron chi connectivity index (χ0n) is 15.2. The Morgan fingerprint density at radius 1 is 1.33 bits per heavy atom. The number of carbonyl (C=O) groups is 2. The molecule has 1 N–H and O–H groups in total. The second-order valence-electron chi connectivity index (χ2n) is 6.39. The first kappa shape index (κ1) is 21.5. The van der Waals surface area contributed by atoms with Crippen LogP contribution in [0.25, 0.3) is 0 Å². The number of halogens is 3. The van der Waals surface area contributed by atoms with E-state index in [4.69, 9.17) is 4.52 Å². The summed E-state index contributed by atoms with van der Waals surface area (Å²) in [7, 11) is 0. The van der Waals surface area contributed by atoms with Gasteiger partial charge in [-0.15, -0.1) is 11.8 Å². The highest BCUT2D eigenvalue weighted by Gasteiger charge is 2.32. The smallest absolute Gasteiger partial charge is 0.360 e. The Morgan fingerprint density at radius 3 is 2.70 bits per heavy atom. The van der Waals surface area contributed by atoms with Crippen molar-refractivity contribution in [1.29, 1.82) is 0 Å². The summed E-state index contributed by atoms with van der Waals surface area (Å²) in [4.78, 5) is 27.3. The van der Waals surface area contributed by atoms with E-state index < -0.39 is 18.0 Å². The molecule has 2 heterocycles. The molecule has 1 unspecified atom stereocenters. The summed E-state index contributed by atoms with van der Waals surface area (Å²) in [5.41, 5.74) is 0. The molecule has 0 aliphatic carbocycles. The molecule has 0 aromatic carbocycles. The average molecular weight is 408 g/mol. The van der Waals surface area contributed by atoms with Crippen LogP contribution < -0.4 is 5.32 Å². The van der Waals surface area contributed by atoms with Gasteiger partial charge in [-0.3, -0.25) is 14.5 Å². The van der Waals surface area contributed by atoms with E-state index in [1.165, 1.54) is 16.7 Å². The van der Waals surface area contributed by atoms with E-state index in [0.29, 0.717) is 31.1 Å². The number of aryl methyl sites for hydroxylation is 1. The van der Waals surface area contributed by atoms with Gasteiger partial charge in [0.25, 0.3) is 0 Å². The van der Waals surface area contributed by atoms with Crippen molar-refractivity contribution in [3.63, 3.8) is 0 Å². The molecule has 2 rings (SSSR count). The highest BCUT2D eigenvalue weighted by atomic mass is 32.2. The SMILES string of the molecule is Cc1cc(NC(=O)C(C)SCC(=O)N2CCCN(CC(F)(F)F)CC2)no1. The summed E-state index contributed by atoms with van der Waals surface area (Å²) in [6.45, 7) is 3.61. The second-order valence-corrected chi connectivity index (χ2v) is 7.72. The van der Waals surface area contributed by atoms with Crippen LogP contribution in [0, 0.1) is 6.92 Å². The van der Waals surface area contributed by atoms with Crippen LogP contribution in [0.1, 0.15) is 19.1 Å². The molecule has 2 amide bonds. The lowest BCUT2D eigenvalue weighted by atomic mass is 10.4. The van der Waals surface area contributed by atoms with Gasteiger partial charge < -0.3 is 14.7 Å². The largest absolute Gasteiger partial charge is 0.401 e. The minimum Gasteiger partial charge on any atom is -0.360 e. The first-order valence-corrected chi connectivity index (χ1v) is 9.61. The Balaban J connectivity index is 1.75. The van der Waals surface area contributed by atoms with Crippen LogP contribution in [0.2, 0.25) is 0 Å². The summed E-state index contributed by atoms with van der Waals surface area (Å²) in [5.74, 6) is 0.500. The van der Waals surface area contributed by atoms with Crippen LogP contribution in [0.4, 0.5) is 19.0 Å². The third kappa shape index (κ3) is 7.41. The minimum absolute atomic E-state index is 0.0890. The van der Waals surface area contributed by atoms with Crippen LogP contribution in [0.15, 0.2) is 10.6 Å². The van der Waals surface area contributed by atoms with Gasteiger partial charge in [0, 0.05) is 32.2 Å². The molecule has 0 saturated carbocycles. The van der Waals surface area contributed by atoms with Gasteiger partial charge in [0.05, 0.1) is 17.5 Å². The zero-order valence-corrected chi connectivity index (χ0v) is 16.0. The molecule has 27 heavy (non-hydrogen) atoms. The van der Waals surface area contributed by atoms with Gasteiger partial charge in [0.1, 0.15) is 5.76 Å². The molecule has 1 aromatic rings. The summed E-state index contributed by atoms with van der Waals surface area (Å²) in [5, 5.41) is 5.79. The molecular weight excluding hydrogens is 385 g/mol. The van der Waals surface area contributed by atoms with E-state index in [2.05, 4.69) is 10.5 Å². The second kappa shape index (κ2) is 9.45. The van der Waals surface area contributed by atoms with Crippen LogP contribution in [-0.2, 0) is 9.59 Å². The van der Waals surface area contributed by atoms with Gasteiger partial charge in [-0.1, -0.05) is 5.16 Å². The number of aromatic nitrogens is 1. The Labute approximate surface area is 159 Å². The molecular formula is C16H23F3N4O3S. The third-order valence-electron chi connectivity index (χ3n) is 4.05. The number of hydrogen-bond donors (Lipinski definition) is 1. The van der Waals surface area contributed by atoms with Crippen molar-refractivity contribution in [2.75, 3.05) is 43.8 Å². The molecule has 11 heteroatoms. The van der Waals surface area contributed by atoms with Crippen LogP contribution in [0.3, 0.4) is 0 Å². The fourth-order valence-electron chi connectivity index (χ4n) is 2.65. The average Bonchev–Trinajstić information content (AvgIpc) is 2.84. The number of nitrogens with one attached hydrogen (secondary N) is 1. The molecule has 152 valence electrons. The molecule has 1 aromatic heterocycles. The minimum atomic E-state index is -4.24. The Bertz CT molecular complexity index is 653. The van der Waals surface area contributed by atoms with Crippen molar-refractivity contribution in [3.05, 3.63) is 11.8 Å². The van der Waals surface area contributed by atoms with Crippen LogP contribution >= 0.6 is 11.8 Å². The van der Waals surface area contributed by atoms with Gasteiger partial charge in [0.2, 0.25) is 11.8 Å². The van der Waals surface area contributed by atoms with Crippen LogP contribution in [0.5, 0.6) is 0 Å². The van der Waals surface area contributed by atoms with E-state index in [1.807, 2.05) is 0 Å². The van der Waals surface area contributed by atoms with Crippen molar-refractivity contribution in [2.24, 2.45) is 0 Å². The van der Waals surface area contributed by atoms with E-state index in [9.17, 15) is 22.8 Å². The van der Waals surface area contributed by atoms with Crippen molar-refractivity contribution < 1.29 is 27.3 Å². The number of nitrogens with zero attached hydrogens (tertiary/aromatic N) is 3. The normalized spacial score (nSPS) is 17.4. The molecule has 1 atom stereocenters. The van der Waals surface area contributed by atoms with Crippen LogP contribution in [-0.4, -0.2) is 76.7 Å². The highest BCUT2D eigenvalue weighted by Crippen LogP contribution is 2.19. The number of thioether (sulfide) groups is 1. The molecule has 1 aliphatic rings. The third-order valence-corrected chi connectivity index (χ3v) is 5.18. The van der Waals surface area contributed by atoms with E-state index in [-0.39, 0.29) is 30.7 Å². The molecule has 1 aliphatic heterocycles. The monoisotopic (exact) mass is 408 g/mol. The Kier molecular flexibility index (Phi) is 7.54. The zero-order chi connectivity index (χ0) is 20.0. The number of anilines is 1. The number of rotatable bonds is 6. The topological polar surface area (TPSA) is 78.7 Å². The standard InChI is InChI=1S/C16H23F3N4O3S/c1-11-8-13(21-26-11)20-15(25)12(2)27-9-14(24)23-5-3-4-22(6-7-23)10-16(17,18)19/h8,12H,3-7,9-10H2,1-2H3,(H,20,21,25). The number of amides is 2. The molecule has 1 saturated heterocycles. The van der Waals surface area contributed by atoms with Gasteiger partial charge >= 0.3 is 6.18 Å². The number of hydrogen-bond acceptors (Lipinski definition) is 6. The van der Waals surface area contributed by atoms with E-state index >= 15 is 0 Å². The first-order valence-electron chi connectivity index (χ1n) is 8.57. The van der Waals surface area contributed by atoms with E-state index in [1.54, 1.807) is 24.8 Å². The predicted octanol–water partition coefficient (Wildman–Crippen LogP) is 2.14. The van der Waals surface area contributed by atoms with Gasteiger partial charge in [-0.2, -0.15) is 13.2 Å². The Hall–Kier alpha value is -1.75. The molecule has 0 spiro atoms. The first-order chi connectivity index (χ1) is 12.6. The maximum absolute atomic E-state index is 12.5. The summed E-state index contributed by atoms with van der Waals surface area (Å²) in [6, 6.07) is 1.59. The van der Waals surface area contributed by atoms with Crippen molar-refractivity contribution >= 4 is 29.4 Å². The quantitative estimate of drug-likeness (QED) is 0.777. The lowest BCUT2D eigenvalue weighted by Crippen LogP contribution is -2.39. The summed E-state index contributed by atoms with van der Waals surface area (Å²) in [6.07, 6.45) is -3.74. The van der Waals surface area contributed by atoms with Gasteiger partial charge in [0.15, 0.2) is 5.82 Å². The molecule has 1 fully saturated rings. The van der Waals surface area contributed by atoms with Gasteiger partial charge in [-0.05, 0) is 20.3 Å². The maximum Gasteiger partial charge on any atom is 0.401 e. The lowest BCUT2D eigenvalue weighted by molar-refractivity contribution is -0.145. The Morgan fingerprint density at radius 2 is 2.07 bits per heavy atom. The van der Waals surface area contributed by atoms with E-state index in [0.717, 1.165) is 0 Å². The molecule has 7 nitrogen and oxygen atoms in total. The predicted molar refractivity (Wildman–Crippen MR) is 95.5 cm³/mol. The fraction of sp³-hybridized carbons (Fsp3) is 0.688. The van der Waals surface area contributed by atoms with Crippen molar-refractivity contribution in [1.82, 2.24) is 15.0 Å². The molecule has 0 radical (unpaired) electrons. The summed E-state index contributed by atoms with van der Waals surface area (Å²) >= 11 is 1.17. The number of alkyl halides is 3. The van der Waals surface area contributed by atoms with Crippen molar-refractivity contribution in [3.8, 4) is 0 Å². The summed E-state index contributed by atoms with van der Waals surface area (Å²) < 4.78 is 42.4.